The Labute approximate surface area is 113 Å². The van der Waals surface area contributed by atoms with Crippen LogP contribution in [0.5, 0.6) is 0 Å². The molecule has 0 aliphatic carbocycles. The van der Waals surface area contributed by atoms with E-state index in [2.05, 4.69) is 15.3 Å². The van der Waals surface area contributed by atoms with E-state index in [0.29, 0.717) is 5.56 Å². The minimum Gasteiger partial charge on any atom is -0.477 e. The van der Waals surface area contributed by atoms with E-state index in [4.69, 9.17) is 10.4 Å². The standard InChI is InChI=1S/C13H10N4O3/c14-5-8-1-3-9(4-2-8)6-15-12(18)10-11(13(19)20)17-7-16-10/h1-4,7H,6H2,(H,15,18)(H,16,17)(H,19,20). The number of aromatic nitrogens is 2. The Balaban J connectivity index is 2.03. The zero-order valence-electron chi connectivity index (χ0n) is 10.3. The number of hydrogen-bond acceptors (Lipinski definition) is 4. The third kappa shape index (κ3) is 2.81. The second kappa shape index (κ2) is 5.67. The highest BCUT2D eigenvalue weighted by Crippen LogP contribution is 2.05. The number of amides is 1. The molecule has 0 fully saturated rings. The third-order valence-electron chi connectivity index (χ3n) is 2.60. The number of carboxylic acid groups (broad SMARTS) is 1. The molecular weight excluding hydrogens is 260 g/mol. The van der Waals surface area contributed by atoms with Crippen LogP contribution in [0.25, 0.3) is 0 Å². The third-order valence-corrected chi connectivity index (χ3v) is 2.60. The molecule has 2 aromatic rings. The predicted octanol–water partition coefficient (Wildman–Crippen LogP) is 0.910. The molecule has 20 heavy (non-hydrogen) atoms. The molecule has 7 nitrogen and oxygen atoms in total. The van der Waals surface area contributed by atoms with E-state index in [-0.39, 0.29) is 17.9 Å². The number of nitrogens with one attached hydrogen (secondary N) is 2. The number of benzene rings is 1. The number of H-pyrrole nitrogens is 1. The molecule has 0 radical (unpaired) electrons. The first-order valence-electron chi connectivity index (χ1n) is 5.65. The summed E-state index contributed by atoms with van der Waals surface area (Å²) in [5.41, 5.74) is 0.916. The van der Waals surface area contributed by atoms with Gasteiger partial charge in [-0.25, -0.2) is 9.78 Å². The Bertz CT molecular complexity index is 682. The molecule has 1 amide bonds. The minimum atomic E-state index is -1.24. The van der Waals surface area contributed by atoms with Gasteiger partial charge in [-0.3, -0.25) is 4.79 Å². The van der Waals surface area contributed by atoms with E-state index in [1.54, 1.807) is 24.3 Å². The molecule has 0 bridgehead atoms. The SMILES string of the molecule is N#Cc1ccc(CNC(=O)c2nc[nH]c2C(=O)O)cc1. The number of rotatable bonds is 4. The summed E-state index contributed by atoms with van der Waals surface area (Å²) in [6, 6.07) is 8.69. The molecule has 1 aromatic heterocycles. The van der Waals surface area contributed by atoms with Gasteiger partial charge in [0.2, 0.25) is 0 Å². The summed E-state index contributed by atoms with van der Waals surface area (Å²) in [5.74, 6) is -1.82. The number of carbonyl (C=O) groups is 2. The van der Waals surface area contributed by atoms with Crippen LogP contribution in [0.15, 0.2) is 30.6 Å². The van der Waals surface area contributed by atoms with Gasteiger partial charge in [-0.2, -0.15) is 5.26 Å². The van der Waals surface area contributed by atoms with Crippen molar-refractivity contribution in [3.63, 3.8) is 0 Å². The molecule has 1 aromatic carbocycles. The zero-order valence-corrected chi connectivity index (χ0v) is 10.3. The van der Waals surface area contributed by atoms with E-state index < -0.39 is 11.9 Å². The molecule has 7 heteroatoms. The molecule has 0 atom stereocenters. The number of nitriles is 1. The lowest BCUT2D eigenvalue weighted by atomic mass is 10.1. The highest BCUT2D eigenvalue weighted by Gasteiger charge is 2.19. The Morgan fingerprint density at radius 3 is 2.65 bits per heavy atom. The van der Waals surface area contributed by atoms with Gasteiger partial charge in [-0.05, 0) is 17.7 Å². The first-order valence-corrected chi connectivity index (χ1v) is 5.65. The molecule has 1 heterocycles. The minimum absolute atomic E-state index is 0.161. The number of carbonyl (C=O) groups excluding carboxylic acids is 1. The zero-order chi connectivity index (χ0) is 14.5. The van der Waals surface area contributed by atoms with Gasteiger partial charge in [0.25, 0.3) is 5.91 Å². The van der Waals surface area contributed by atoms with Crippen molar-refractivity contribution in [2.75, 3.05) is 0 Å². The monoisotopic (exact) mass is 270 g/mol. The average molecular weight is 270 g/mol. The van der Waals surface area contributed by atoms with Gasteiger partial charge in [-0.1, -0.05) is 12.1 Å². The number of nitrogens with zero attached hydrogens (tertiary/aromatic N) is 2. The quantitative estimate of drug-likeness (QED) is 0.762. The fraction of sp³-hybridized carbons (Fsp3) is 0.0769. The van der Waals surface area contributed by atoms with Crippen LogP contribution in [-0.2, 0) is 6.54 Å². The largest absolute Gasteiger partial charge is 0.477 e. The molecule has 2 rings (SSSR count). The summed E-state index contributed by atoms with van der Waals surface area (Å²) in [5, 5.41) is 20.1. The van der Waals surface area contributed by atoms with Crippen LogP contribution < -0.4 is 5.32 Å². The fourth-order valence-electron chi connectivity index (χ4n) is 1.59. The van der Waals surface area contributed by atoms with Crippen molar-refractivity contribution < 1.29 is 14.7 Å². The van der Waals surface area contributed by atoms with E-state index in [1.807, 2.05) is 6.07 Å². The van der Waals surface area contributed by atoms with E-state index in [9.17, 15) is 9.59 Å². The van der Waals surface area contributed by atoms with Crippen LogP contribution in [-0.4, -0.2) is 27.0 Å². The molecule has 0 aliphatic rings. The van der Waals surface area contributed by atoms with Gasteiger partial charge >= 0.3 is 5.97 Å². The Morgan fingerprint density at radius 1 is 1.35 bits per heavy atom. The van der Waals surface area contributed by atoms with Crippen LogP contribution in [0.4, 0.5) is 0 Å². The summed E-state index contributed by atoms with van der Waals surface area (Å²) >= 11 is 0. The fourth-order valence-corrected chi connectivity index (χ4v) is 1.59. The van der Waals surface area contributed by atoms with Crippen molar-refractivity contribution in [3.8, 4) is 6.07 Å². The number of aromatic carboxylic acids is 1. The van der Waals surface area contributed by atoms with Crippen LogP contribution >= 0.6 is 0 Å². The number of hydrogen-bond donors (Lipinski definition) is 3. The molecule has 3 N–H and O–H groups in total. The predicted molar refractivity (Wildman–Crippen MR) is 67.9 cm³/mol. The molecular formula is C13H10N4O3. The summed E-state index contributed by atoms with van der Waals surface area (Å²) in [6.45, 7) is 0.219. The van der Waals surface area contributed by atoms with Gasteiger partial charge in [0, 0.05) is 6.54 Å². The number of carboxylic acids is 1. The number of aromatic amines is 1. The molecule has 0 saturated heterocycles. The summed E-state index contributed by atoms with van der Waals surface area (Å²) in [6.07, 6.45) is 1.15. The summed E-state index contributed by atoms with van der Waals surface area (Å²) < 4.78 is 0. The van der Waals surface area contributed by atoms with Gasteiger partial charge < -0.3 is 15.4 Å². The molecule has 0 unspecified atom stereocenters. The van der Waals surface area contributed by atoms with Crippen molar-refractivity contribution in [3.05, 3.63) is 53.1 Å². The van der Waals surface area contributed by atoms with Crippen LogP contribution in [0.1, 0.15) is 32.1 Å². The van der Waals surface area contributed by atoms with Gasteiger partial charge in [-0.15, -0.1) is 0 Å². The second-order valence-electron chi connectivity index (χ2n) is 3.92. The Hall–Kier alpha value is -3.14. The molecule has 0 saturated carbocycles. The van der Waals surface area contributed by atoms with Crippen molar-refractivity contribution >= 4 is 11.9 Å². The lowest BCUT2D eigenvalue weighted by Gasteiger charge is -2.04. The highest BCUT2D eigenvalue weighted by atomic mass is 16.4. The average Bonchev–Trinajstić information content (AvgIpc) is 2.95. The van der Waals surface area contributed by atoms with Gasteiger partial charge in [0.15, 0.2) is 11.4 Å². The van der Waals surface area contributed by atoms with Gasteiger partial charge in [0.05, 0.1) is 18.0 Å². The number of imidazole rings is 1. The first-order chi connectivity index (χ1) is 9.61. The smallest absolute Gasteiger partial charge is 0.354 e. The van der Waals surface area contributed by atoms with Crippen LogP contribution in [0.3, 0.4) is 0 Å². The van der Waals surface area contributed by atoms with Crippen molar-refractivity contribution in [2.24, 2.45) is 0 Å². The first kappa shape index (κ1) is 13.3. The van der Waals surface area contributed by atoms with E-state index >= 15 is 0 Å². The topological polar surface area (TPSA) is 119 Å². The summed E-state index contributed by atoms with van der Waals surface area (Å²) in [4.78, 5) is 28.7. The highest BCUT2D eigenvalue weighted by molar-refractivity contribution is 6.02. The molecule has 0 aliphatic heterocycles. The molecule has 100 valence electrons. The van der Waals surface area contributed by atoms with Gasteiger partial charge in [0.1, 0.15) is 0 Å². The Morgan fingerprint density at radius 2 is 2.05 bits per heavy atom. The van der Waals surface area contributed by atoms with Crippen molar-refractivity contribution in [1.29, 1.82) is 5.26 Å². The van der Waals surface area contributed by atoms with Crippen LogP contribution in [0.2, 0.25) is 0 Å². The van der Waals surface area contributed by atoms with E-state index in [1.165, 1.54) is 0 Å². The second-order valence-corrected chi connectivity index (χ2v) is 3.92. The van der Waals surface area contributed by atoms with Crippen molar-refractivity contribution in [1.82, 2.24) is 15.3 Å². The maximum absolute atomic E-state index is 11.8. The van der Waals surface area contributed by atoms with E-state index in [0.717, 1.165) is 11.9 Å². The normalized spacial score (nSPS) is 9.75. The molecule has 0 spiro atoms. The lowest BCUT2D eigenvalue weighted by Crippen LogP contribution is -2.25. The lowest BCUT2D eigenvalue weighted by molar-refractivity contribution is 0.0685. The summed E-state index contributed by atoms with van der Waals surface area (Å²) in [7, 11) is 0. The van der Waals surface area contributed by atoms with Crippen molar-refractivity contribution in [2.45, 2.75) is 6.54 Å². The maximum atomic E-state index is 11.8. The Kier molecular flexibility index (Phi) is 3.77. The van der Waals surface area contributed by atoms with Crippen LogP contribution in [0, 0.1) is 11.3 Å². The maximum Gasteiger partial charge on any atom is 0.354 e.